The Labute approximate surface area is 73.5 Å². The predicted molar refractivity (Wildman–Crippen MR) is 42.2 cm³/mol. The Balaban J connectivity index is 3.25. The standard InChI is InChI=1S/C7H5N3O3/c1-13-7-2-5(3-8)9-4-6(7)10(11)12/h2,4H,1H3. The van der Waals surface area contributed by atoms with E-state index < -0.39 is 4.92 Å². The van der Waals surface area contributed by atoms with Crippen LogP contribution in [-0.4, -0.2) is 17.0 Å². The summed E-state index contributed by atoms with van der Waals surface area (Å²) in [5.41, 5.74) is -0.163. The molecule has 0 saturated heterocycles. The molecule has 0 N–H and O–H groups in total. The molecule has 0 aliphatic heterocycles. The molecular formula is C7H5N3O3. The third kappa shape index (κ3) is 1.70. The summed E-state index contributed by atoms with van der Waals surface area (Å²) in [4.78, 5) is 13.3. The van der Waals surface area contributed by atoms with Gasteiger partial charge in [-0.15, -0.1) is 0 Å². The molecule has 0 aliphatic rings. The second-order valence-corrected chi connectivity index (χ2v) is 2.11. The number of rotatable bonds is 2. The second kappa shape index (κ2) is 3.49. The quantitative estimate of drug-likeness (QED) is 0.496. The number of aromatic nitrogens is 1. The Morgan fingerprint density at radius 2 is 2.46 bits per heavy atom. The van der Waals surface area contributed by atoms with E-state index in [1.165, 1.54) is 13.2 Å². The minimum absolute atomic E-state index is 0.0385. The topological polar surface area (TPSA) is 89.0 Å². The van der Waals surface area contributed by atoms with Crippen LogP contribution in [0, 0.1) is 21.4 Å². The summed E-state index contributed by atoms with van der Waals surface area (Å²) in [6.07, 6.45) is 0.997. The monoisotopic (exact) mass is 179 g/mol. The molecule has 6 nitrogen and oxygen atoms in total. The Morgan fingerprint density at radius 1 is 1.77 bits per heavy atom. The van der Waals surface area contributed by atoms with E-state index in [1.54, 1.807) is 6.07 Å². The predicted octanol–water partition coefficient (Wildman–Crippen LogP) is 0.870. The van der Waals surface area contributed by atoms with Crippen LogP contribution in [0.5, 0.6) is 5.75 Å². The van der Waals surface area contributed by atoms with Gasteiger partial charge in [0.1, 0.15) is 18.0 Å². The number of methoxy groups -OCH3 is 1. The molecule has 1 aromatic rings. The van der Waals surface area contributed by atoms with Crippen LogP contribution in [0.4, 0.5) is 5.69 Å². The average Bonchev–Trinajstić information content (AvgIpc) is 2.16. The van der Waals surface area contributed by atoms with E-state index in [1.807, 2.05) is 0 Å². The van der Waals surface area contributed by atoms with Gasteiger partial charge in [0, 0.05) is 6.07 Å². The summed E-state index contributed by atoms with van der Waals surface area (Å²) in [7, 11) is 1.30. The van der Waals surface area contributed by atoms with Crippen molar-refractivity contribution in [2.24, 2.45) is 0 Å². The fraction of sp³-hybridized carbons (Fsp3) is 0.143. The van der Waals surface area contributed by atoms with Crippen LogP contribution >= 0.6 is 0 Å². The van der Waals surface area contributed by atoms with E-state index in [0.717, 1.165) is 6.20 Å². The van der Waals surface area contributed by atoms with E-state index in [0.29, 0.717) is 0 Å². The van der Waals surface area contributed by atoms with Crippen LogP contribution in [0.15, 0.2) is 12.3 Å². The SMILES string of the molecule is COc1cc(C#N)ncc1[N+](=O)[O-]. The van der Waals surface area contributed by atoms with Crippen LogP contribution < -0.4 is 4.74 Å². The zero-order valence-electron chi connectivity index (χ0n) is 6.72. The maximum absolute atomic E-state index is 10.4. The van der Waals surface area contributed by atoms with Crippen molar-refractivity contribution in [1.29, 1.82) is 5.26 Å². The normalized spacial score (nSPS) is 8.92. The van der Waals surface area contributed by atoms with E-state index in [4.69, 9.17) is 10.00 Å². The molecule has 0 spiro atoms. The minimum atomic E-state index is -0.618. The highest BCUT2D eigenvalue weighted by molar-refractivity contribution is 5.47. The maximum atomic E-state index is 10.4. The van der Waals surface area contributed by atoms with Crippen molar-refractivity contribution in [1.82, 2.24) is 4.98 Å². The molecule has 0 saturated carbocycles. The minimum Gasteiger partial charge on any atom is -0.490 e. The van der Waals surface area contributed by atoms with Crippen molar-refractivity contribution in [3.63, 3.8) is 0 Å². The lowest BCUT2D eigenvalue weighted by atomic mass is 10.3. The summed E-state index contributed by atoms with van der Waals surface area (Å²) in [5.74, 6) is 0.0385. The van der Waals surface area contributed by atoms with Crippen LogP contribution in [-0.2, 0) is 0 Å². The van der Waals surface area contributed by atoms with Crippen LogP contribution in [0.1, 0.15) is 5.69 Å². The van der Waals surface area contributed by atoms with Gasteiger partial charge in [-0.2, -0.15) is 5.26 Å². The lowest BCUT2D eigenvalue weighted by molar-refractivity contribution is -0.386. The average molecular weight is 179 g/mol. The molecule has 13 heavy (non-hydrogen) atoms. The van der Waals surface area contributed by atoms with Gasteiger partial charge in [0.15, 0.2) is 0 Å². The van der Waals surface area contributed by atoms with Crippen LogP contribution in [0.25, 0.3) is 0 Å². The smallest absolute Gasteiger partial charge is 0.329 e. The largest absolute Gasteiger partial charge is 0.490 e. The molecular weight excluding hydrogens is 174 g/mol. The first-order valence-corrected chi connectivity index (χ1v) is 3.27. The zero-order valence-corrected chi connectivity index (χ0v) is 6.72. The molecule has 1 aromatic heterocycles. The number of hydrogen-bond acceptors (Lipinski definition) is 5. The molecule has 0 radical (unpaired) electrons. The van der Waals surface area contributed by atoms with Crippen LogP contribution in [0.2, 0.25) is 0 Å². The van der Waals surface area contributed by atoms with Gasteiger partial charge < -0.3 is 4.74 Å². The number of hydrogen-bond donors (Lipinski definition) is 0. The number of nitrogens with zero attached hydrogens (tertiary/aromatic N) is 3. The molecule has 66 valence electrons. The second-order valence-electron chi connectivity index (χ2n) is 2.11. The lowest BCUT2D eigenvalue weighted by Crippen LogP contribution is -1.95. The van der Waals surface area contributed by atoms with Gasteiger partial charge in [0.2, 0.25) is 5.75 Å². The third-order valence-electron chi connectivity index (χ3n) is 1.38. The molecule has 1 heterocycles. The Bertz CT molecular complexity index is 383. The van der Waals surface area contributed by atoms with Gasteiger partial charge >= 0.3 is 5.69 Å². The molecule has 0 fully saturated rings. The Hall–Kier alpha value is -2.16. The fourth-order valence-corrected chi connectivity index (χ4v) is 0.791. The number of nitro groups is 1. The maximum Gasteiger partial charge on any atom is 0.329 e. The summed E-state index contributed by atoms with van der Waals surface area (Å²) in [6, 6.07) is 2.97. The summed E-state index contributed by atoms with van der Waals surface area (Å²) >= 11 is 0. The molecule has 0 aromatic carbocycles. The zero-order chi connectivity index (χ0) is 9.84. The van der Waals surface area contributed by atoms with Crippen molar-refractivity contribution in [2.45, 2.75) is 0 Å². The van der Waals surface area contributed by atoms with Crippen molar-refractivity contribution >= 4 is 5.69 Å². The first kappa shape index (κ1) is 8.93. The number of nitriles is 1. The summed E-state index contributed by atoms with van der Waals surface area (Å²) in [6.45, 7) is 0. The molecule has 0 aliphatic carbocycles. The first-order chi connectivity index (χ1) is 6.19. The highest BCUT2D eigenvalue weighted by atomic mass is 16.6. The van der Waals surface area contributed by atoms with Gasteiger partial charge in [-0.25, -0.2) is 4.98 Å². The summed E-state index contributed by atoms with van der Waals surface area (Å²) < 4.78 is 4.72. The van der Waals surface area contributed by atoms with Crippen LogP contribution in [0.3, 0.4) is 0 Å². The van der Waals surface area contributed by atoms with Gasteiger partial charge in [0.25, 0.3) is 0 Å². The fourth-order valence-electron chi connectivity index (χ4n) is 0.791. The van der Waals surface area contributed by atoms with E-state index in [9.17, 15) is 10.1 Å². The van der Waals surface area contributed by atoms with E-state index >= 15 is 0 Å². The third-order valence-corrected chi connectivity index (χ3v) is 1.38. The molecule has 0 atom stereocenters. The molecule has 6 heteroatoms. The highest BCUT2D eigenvalue weighted by Gasteiger charge is 2.15. The van der Waals surface area contributed by atoms with Gasteiger partial charge in [0.05, 0.1) is 12.0 Å². The van der Waals surface area contributed by atoms with Crippen molar-refractivity contribution in [3.05, 3.63) is 28.1 Å². The highest BCUT2D eigenvalue weighted by Crippen LogP contribution is 2.25. The Morgan fingerprint density at radius 3 is 2.92 bits per heavy atom. The molecule has 1 rings (SSSR count). The lowest BCUT2D eigenvalue weighted by Gasteiger charge is -1.99. The molecule has 0 amide bonds. The molecule has 0 bridgehead atoms. The Kier molecular flexibility index (Phi) is 2.40. The van der Waals surface area contributed by atoms with Gasteiger partial charge in [-0.3, -0.25) is 10.1 Å². The van der Waals surface area contributed by atoms with E-state index in [2.05, 4.69) is 4.98 Å². The van der Waals surface area contributed by atoms with Crippen molar-refractivity contribution in [2.75, 3.05) is 7.11 Å². The first-order valence-electron chi connectivity index (χ1n) is 3.27. The van der Waals surface area contributed by atoms with E-state index in [-0.39, 0.29) is 17.1 Å². The van der Waals surface area contributed by atoms with Crippen molar-refractivity contribution in [3.8, 4) is 11.8 Å². The summed E-state index contributed by atoms with van der Waals surface area (Å²) in [5, 5.41) is 18.8. The van der Waals surface area contributed by atoms with Gasteiger partial charge in [-0.1, -0.05) is 0 Å². The molecule has 0 unspecified atom stereocenters. The number of ether oxygens (including phenoxy) is 1. The van der Waals surface area contributed by atoms with Crippen molar-refractivity contribution < 1.29 is 9.66 Å². The van der Waals surface area contributed by atoms with Gasteiger partial charge in [-0.05, 0) is 0 Å². The number of pyridine rings is 1.